The second-order valence-corrected chi connectivity index (χ2v) is 37.2. The highest BCUT2D eigenvalue weighted by Crippen LogP contribution is 2.39. The van der Waals surface area contributed by atoms with Crippen LogP contribution >= 0.6 is 34.8 Å². The number of aliphatic hydroxyl groups is 1. The third kappa shape index (κ3) is 24.3. The predicted octanol–water partition coefficient (Wildman–Crippen LogP) is 17.6. The van der Waals surface area contributed by atoms with E-state index in [9.17, 15) is 70.2 Å². The quantitative estimate of drug-likeness (QED) is 0.0461. The van der Waals surface area contributed by atoms with Crippen LogP contribution in [-0.2, 0) is 76.4 Å². The second-order valence-electron chi connectivity index (χ2n) is 35.9. The molecule has 5 aliphatic heterocycles. The Morgan fingerprint density at radius 2 is 0.798 bits per heavy atom. The summed E-state index contributed by atoms with van der Waals surface area (Å²) < 4.78 is 91.7. The molecule has 0 radical (unpaired) electrons. The van der Waals surface area contributed by atoms with Gasteiger partial charge in [-0.3, -0.25) is 78.7 Å². The largest absolute Gasteiger partial charge is 0.433 e. The van der Waals surface area contributed by atoms with Crippen molar-refractivity contribution in [3.63, 3.8) is 0 Å². The van der Waals surface area contributed by atoms with Crippen LogP contribution in [-0.4, -0.2) is 132 Å². The zero-order valence-corrected chi connectivity index (χ0v) is 75.5. The molecule has 0 aliphatic carbocycles. The predicted molar refractivity (Wildman–Crippen MR) is 473 cm³/mol. The van der Waals surface area contributed by atoms with Crippen LogP contribution in [0.25, 0.3) is 0 Å². The lowest BCUT2D eigenvalue weighted by atomic mass is 9.91. The Morgan fingerprint density at radius 1 is 0.411 bits per heavy atom. The van der Waals surface area contributed by atoms with Crippen LogP contribution in [0.1, 0.15) is 195 Å². The van der Waals surface area contributed by atoms with Crippen LogP contribution in [0.15, 0.2) is 162 Å². The number of alkyl halides is 3. The lowest BCUT2D eigenvalue weighted by Gasteiger charge is -2.25. The number of carbonyl (C=O) groups excluding carboxylic acids is 9. The molecule has 0 unspecified atom stereocenters. The number of nitrogens with one attached hydrogen (secondary N) is 5. The second kappa shape index (κ2) is 40.1. The number of amides is 9. The molecule has 11 heterocycles. The van der Waals surface area contributed by atoms with Gasteiger partial charge in [0, 0.05) is 122 Å². The molecule has 0 saturated carbocycles. The zero-order valence-electron chi connectivity index (χ0n) is 73.3. The first kappa shape index (κ1) is 97.2. The Bertz CT molecular complexity index is 5580. The summed E-state index contributed by atoms with van der Waals surface area (Å²) in [6.07, 6.45) is 0.197. The molecule has 5 atom stereocenters. The molecule has 15 rings (SSSR count). The van der Waals surface area contributed by atoms with Crippen LogP contribution in [0, 0.1) is 11.6 Å². The van der Waals surface area contributed by atoms with Crippen molar-refractivity contribution in [1.82, 2.24) is 30.8 Å². The van der Waals surface area contributed by atoms with Gasteiger partial charge in [-0.1, -0.05) is 176 Å². The Kier molecular flexibility index (Phi) is 30.2. The Labute approximate surface area is 754 Å². The van der Waals surface area contributed by atoms with Gasteiger partial charge in [0.25, 0.3) is 0 Å². The van der Waals surface area contributed by atoms with Crippen molar-refractivity contribution in [2.45, 2.75) is 225 Å². The van der Waals surface area contributed by atoms with Gasteiger partial charge in [-0.15, -0.1) is 0 Å². The first-order valence-corrected chi connectivity index (χ1v) is 42.5. The molecule has 0 bridgehead atoms. The zero-order chi connectivity index (χ0) is 94.2. The summed E-state index contributed by atoms with van der Waals surface area (Å²) in [6, 6.07) is 31.7. The van der Waals surface area contributed by atoms with Crippen molar-refractivity contribution < 1.29 is 92.8 Å². The van der Waals surface area contributed by atoms with Crippen LogP contribution in [0.4, 0.5) is 79.7 Å². The highest BCUT2D eigenvalue weighted by atomic mass is 35.5. The van der Waals surface area contributed by atoms with Gasteiger partial charge in [-0.05, 0) is 123 Å². The fourth-order valence-corrected chi connectivity index (χ4v) is 14.6. The van der Waals surface area contributed by atoms with Gasteiger partial charge in [0.15, 0.2) is 23.3 Å². The first-order chi connectivity index (χ1) is 60.6. The molecular formula is C90H100Cl3F5N16O15. The van der Waals surface area contributed by atoms with Crippen LogP contribution in [0.5, 0.6) is 0 Å². The maximum Gasteiger partial charge on any atom is 0.433 e. The minimum absolute atomic E-state index is 0.0557. The number of nitrogens with zero attached hydrogens (tertiary/aromatic N) is 11. The number of carbonyl (C=O) groups is 9. The van der Waals surface area contributed by atoms with Crippen molar-refractivity contribution in [2.75, 3.05) is 64.2 Å². The molecule has 5 saturated heterocycles. The number of pyridine rings is 1. The molecule has 5 aliphatic rings. The van der Waals surface area contributed by atoms with E-state index in [1.54, 1.807) is 78.9 Å². The van der Waals surface area contributed by atoms with Crippen LogP contribution < -0.4 is 51.1 Å². The third-order valence-corrected chi connectivity index (χ3v) is 22.1. The van der Waals surface area contributed by atoms with E-state index in [-0.39, 0.29) is 124 Å². The lowest BCUT2D eigenvalue weighted by Crippen LogP contribution is -2.42. The summed E-state index contributed by atoms with van der Waals surface area (Å²) in [7, 11) is 0. The van der Waals surface area contributed by atoms with Gasteiger partial charge in [0.1, 0.15) is 47.4 Å². The summed E-state index contributed by atoms with van der Waals surface area (Å²) in [5.74, 6) is -2.49. The minimum Gasteiger partial charge on any atom is -0.395 e. The van der Waals surface area contributed by atoms with E-state index in [1.807, 2.05) is 121 Å². The molecule has 129 heavy (non-hydrogen) atoms. The number of aromatic nitrogens is 6. The molecule has 31 nitrogen and oxygen atoms in total. The first-order valence-electron chi connectivity index (χ1n) is 41.4. The van der Waals surface area contributed by atoms with E-state index < -0.39 is 70.8 Å². The summed E-state index contributed by atoms with van der Waals surface area (Å²) in [6.45, 7) is 28.1. The molecule has 686 valence electrons. The molecule has 6 aromatic heterocycles. The molecule has 10 aromatic rings. The number of hydrogen-bond donors (Lipinski definition) is 6. The fourth-order valence-electron chi connectivity index (χ4n) is 14.1. The number of hydrogen-bond acceptors (Lipinski definition) is 22. The number of halogens is 8. The molecule has 5 fully saturated rings. The van der Waals surface area contributed by atoms with Gasteiger partial charge >= 0.3 is 6.18 Å². The van der Waals surface area contributed by atoms with Gasteiger partial charge < -0.3 is 43.3 Å². The number of rotatable bonds is 17. The van der Waals surface area contributed by atoms with Crippen LogP contribution in [0.3, 0.4) is 0 Å². The summed E-state index contributed by atoms with van der Waals surface area (Å²) in [5.41, 5.74) is 1.57. The van der Waals surface area contributed by atoms with Gasteiger partial charge in [0.05, 0.1) is 41.3 Å². The maximum absolute atomic E-state index is 14.1. The van der Waals surface area contributed by atoms with Gasteiger partial charge in [-0.2, -0.15) is 13.2 Å². The van der Waals surface area contributed by atoms with E-state index >= 15 is 0 Å². The molecule has 9 amide bonds. The van der Waals surface area contributed by atoms with Gasteiger partial charge in [-0.25, -0.2) is 13.8 Å². The third-order valence-electron chi connectivity index (χ3n) is 21.3. The molecule has 39 heteroatoms. The van der Waals surface area contributed by atoms with Crippen molar-refractivity contribution in [1.29, 1.82) is 0 Å². The molecular weight excluding hydrogens is 1750 g/mol. The van der Waals surface area contributed by atoms with E-state index in [0.717, 1.165) is 65.0 Å². The number of aliphatic hydroxyl groups excluding tert-OH is 1. The Balaban J connectivity index is 0.000000156. The molecule has 0 spiro atoms. The highest BCUT2D eigenvalue weighted by molar-refractivity contribution is 6.31. The van der Waals surface area contributed by atoms with E-state index in [4.69, 9.17) is 57.4 Å². The monoisotopic (exact) mass is 1840 g/mol. The Morgan fingerprint density at radius 3 is 1.19 bits per heavy atom. The maximum atomic E-state index is 14.1. The summed E-state index contributed by atoms with van der Waals surface area (Å²) in [5, 5.41) is 44.0. The average Bonchev–Trinajstić information content (AvgIpc) is 1.67. The minimum atomic E-state index is -4.58. The number of benzene rings is 4. The fraction of sp³-hybridized carbons (Fsp3) is 0.411. The standard InChI is InChI=1S/2C18H20ClN3O3.C18H22ClN3O3.C18H19F3N4O3.C18H19F2N3O3/c1-18(2,3)14-10-15(21-25-14)20-17(24)13-7-8-16(23)22(13)12-6-4-5-11(19)9-12;1-18(2,3)14-10-15(25-21-14)20-17(24)13-7-8-16(23)22(13)12-6-4-5-11(19)9-12;1-18(2,11-23)15-10-16(25-21-15)20-17(24)14-4-3-9-22(14)13-7-5-12(19)6-8-13;1-17(2,3)13-8-14(24-28-13)23-16(27)11-5-7-15(26)25(11)10-4-6-12(22-9-10)18(19,20)21;1-18(2,3)13-9-14(26-22-13)21-17(25)12-7-8-15(24)23(12)11-6-4-5-10(19)16(11)20/h4-6,9-10,13H,7-8H2,1-3H3,(H,20,21,24);4-6,9-10,13H,7-8H2,1-3H3,(H,20,24);5-8,10,14,23H,3-4,9,11H2,1-2H3,(H,20,24);4,6,8-9,11H,5,7H2,1-3H3,(H,23,24,27);4-6,9,12H,7-8H2,1-3H3,(H,21,25)/t2*13-;14-;11-;12-/m00000/s1. The molecule has 4 aromatic carbocycles. The van der Waals surface area contributed by atoms with Crippen LogP contribution in [0.2, 0.25) is 15.1 Å². The highest BCUT2D eigenvalue weighted by Gasteiger charge is 2.44. The topological polar surface area (TPSA) is 393 Å². The number of anilines is 10. The van der Waals surface area contributed by atoms with Crippen molar-refractivity contribution >= 4 is 146 Å². The van der Waals surface area contributed by atoms with Gasteiger partial charge in [0.2, 0.25) is 70.8 Å². The van der Waals surface area contributed by atoms with Crippen molar-refractivity contribution in [3.8, 4) is 0 Å². The van der Waals surface area contributed by atoms with E-state index in [2.05, 4.69) is 62.3 Å². The normalized spacial score (nSPS) is 17.8. The molecule has 6 N–H and O–H groups in total. The smallest absolute Gasteiger partial charge is 0.395 e. The average molecular weight is 1850 g/mol. The SMILES string of the molecule is CC(C)(C)c1cc(NC(=O)[C@@H]2CCC(=O)N2c2ccc(C(F)(F)F)nc2)no1.CC(C)(C)c1cc(NC(=O)[C@@H]2CCC(=O)N2c2cccc(Cl)c2)no1.CC(C)(C)c1cc(NC(=O)[C@@H]2CCC(=O)N2c2cccc(Cl)c2)on1.CC(C)(C)c1cc(NC(=O)[C@@H]2CCC(=O)N2c2cccc(F)c2F)on1.CC(C)(CO)c1cc(NC(=O)[C@@H]2CCCN2c2ccc(Cl)cc2)on1. The summed E-state index contributed by atoms with van der Waals surface area (Å²) in [4.78, 5) is 123. The van der Waals surface area contributed by atoms with E-state index in [1.165, 1.54) is 21.9 Å². The van der Waals surface area contributed by atoms with Crippen molar-refractivity contribution in [2.24, 2.45) is 0 Å². The lowest BCUT2D eigenvalue weighted by molar-refractivity contribution is -0.141. The summed E-state index contributed by atoms with van der Waals surface area (Å²) >= 11 is 18.0. The Hall–Kier alpha value is -12.4. The van der Waals surface area contributed by atoms with Crippen molar-refractivity contribution in [3.05, 3.63) is 201 Å². The van der Waals surface area contributed by atoms with E-state index in [0.29, 0.717) is 86.7 Å².